The highest BCUT2D eigenvalue weighted by molar-refractivity contribution is 7.19. The summed E-state index contributed by atoms with van der Waals surface area (Å²) in [6.45, 7) is 3.77. The molecular formula is C24H21N3O4S. The largest absolute Gasteiger partial charge is 0.465 e. The molecule has 162 valence electrons. The summed E-state index contributed by atoms with van der Waals surface area (Å²) in [7, 11) is 1.29. The van der Waals surface area contributed by atoms with Crippen molar-refractivity contribution in [2.75, 3.05) is 12.4 Å². The first kappa shape index (κ1) is 21.5. The number of methoxy groups -OCH3 is 1. The van der Waals surface area contributed by atoms with Crippen molar-refractivity contribution in [2.45, 2.75) is 20.4 Å². The van der Waals surface area contributed by atoms with Crippen LogP contribution in [0.5, 0.6) is 0 Å². The van der Waals surface area contributed by atoms with Gasteiger partial charge in [0.2, 0.25) is 5.91 Å². The third-order valence-corrected chi connectivity index (χ3v) is 6.09. The fourth-order valence-corrected chi connectivity index (χ4v) is 4.52. The van der Waals surface area contributed by atoms with Crippen molar-refractivity contribution < 1.29 is 14.3 Å². The van der Waals surface area contributed by atoms with Gasteiger partial charge < -0.3 is 10.1 Å². The molecule has 0 aliphatic carbocycles. The average molecular weight is 448 g/mol. The number of carbonyl (C=O) groups excluding carboxylic acids is 2. The van der Waals surface area contributed by atoms with E-state index in [0.717, 1.165) is 21.6 Å². The highest BCUT2D eigenvalue weighted by atomic mass is 32.1. The van der Waals surface area contributed by atoms with Crippen LogP contribution in [-0.2, 0) is 16.1 Å². The first-order valence-corrected chi connectivity index (χ1v) is 10.7. The van der Waals surface area contributed by atoms with Crippen LogP contribution >= 0.6 is 11.3 Å². The molecule has 1 N–H and O–H groups in total. The lowest BCUT2D eigenvalue weighted by Crippen LogP contribution is -2.27. The highest BCUT2D eigenvalue weighted by Gasteiger charge is 2.18. The summed E-state index contributed by atoms with van der Waals surface area (Å²) in [6.07, 6.45) is 1.39. The molecule has 0 spiro atoms. The van der Waals surface area contributed by atoms with Crippen LogP contribution in [0.15, 0.2) is 59.7 Å². The quantitative estimate of drug-likeness (QED) is 0.464. The second-order valence-corrected chi connectivity index (χ2v) is 8.58. The van der Waals surface area contributed by atoms with Gasteiger partial charge in [0, 0.05) is 16.1 Å². The van der Waals surface area contributed by atoms with Crippen LogP contribution in [0.2, 0.25) is 0 Å². The van der Waals surface area contributed by atoms with Gasteiger partial charge in [0.15, 0.2) is 0 Å². The summed E-state index contributed by atoms with van der Waals surface area (Å²) in [5.41, 5.74) is 3.42. The molecule has 32 heavy (non-hydrogen) atoms. The van der Waals surface area contributed by atoms with E-state index in [9.17, 15) is 14.4 Å². The minimum absolute atomic E-state index is 0.202. The van der Waals surface area contributed by atoms with Gasteiger partial charge in [-0.2, -0.15) is 0 Å². The van der Waals surface area contributed by atoms with Crippen LogP contribution < -0.4 is 10.9 Å². The Morgan fingerprint density at radius 1 is 1.12 bits per heavy atom. The maximum atomic E-state index is 13.3. The number of carbonyl (C=O) groups is 2. The minimum Gasteiger partial charge on any atom is -0.465 e. The molecule has 7 nitrogen and oxygen atoms in total. The van der Waals surface area contributed by atoms with Crippen LogP contribution in [0.3, 0.4) is 0 Å². The number of thiophene rings is 1. The lowest BCUT2D eigenvalue weighted by atomic mass is 10.0. The van der Waals surface area contributed by atoms with Gasteiger partial charge in [-0.25, -0.2) is 9.78 Å². The molecule has 2 aromatic heterocycles. The van der Waals surface area contributed by atoms with E-state index in [1.54, 1.807) is 18.2 Å². The molecule has 2 heterocycles. The fourth-order valence-electron chi connectivity index (χ4n) is 3.51. The van der Waals surface area contributed by atoms with Crippen molar-refractivity contribution in [1.29, 1.82) is 0 Å². The topological polar surface area (TPSA) is 90.3 Å². The Balaban J connectivity index is 1.64. The molecule has 0 atom stereocenters. The van der Waals surface area contributed by atoms with E-state index in [0.29, 0.717) is 21.5 Å². The Morgan fingerprint density at radius 2 is 1.88 bits per heavy atom. The summed E-state index contributed by atoms with van der Waals surface area (Å²) in [5, 5.41) is 3.22. The van der Waals surface area contributed by atoms with Gasteiger partial charge in [-0.1, -0.05) is 35.9 Å². The summed E-state index contributed by atoms with van der Waals surface area (Å²) in [4.78, 5) is 43.6. The lowest BCUT2D eigenvalue weighted by Gasteiger charge is -2.09. The number of nitrogens with zero attached hydrogens (tertiary/aromatic N) is 2. The normalized spacial score (nSPS) is 10.8. The van der Waals surface area contributed by atoms with Gasteiger partial charge in [0.05, 0.1) is 24.4 Å². The van der Waals surface area contributed by atoms with Gasteiger partial charge in [-0.3, -0.25) is 14.2 Å². The van der Waals surface area contributed by atoms with Gasteiger partial charge in [0.1, 0.15) is 11.4 Å². The maximum Gasteiger partial charge on any atom is 0.337 e. The van der Waals surface area contributed by atoms with E-state index in [2.05, 4.69) is 10.3 Å². The van der Waals surface area contributed by atoms with E-state index < -0.39 is 11.9 Å². The molecule has 1 amide bonds. The maximum absolute atomic E-state index is 13.3. The number of anilines is 1. The van der Waals surface area contributed by atoms with Crippen molar-refractivity contribution in [1.82, 2.24) is 9.55 Å². The van der Waals surface area contributed by atoms with E-state index in [4.69, 9.17) is 4.74 Å². The molecule has 0 saturated heterocycles. The number of amides is 1. The van der Waals surface area contributed by atoms with Crippen molar-refractivity contribution in [3.63, 3.8) is 0 Å². The zero-order valence-corrected chi connectivity index (χ0v) is 18.7. The summed E-state index contributed by atoms with van der Waals surface area (Å²) in [6, 6.07) is 14.4. The first-order valence-electron chi connectivity index (χ1n) is 9.91. The minimum atomic E-state index is -0.497. The number of aromatic nitrogens is 2. The molecule has 0 aliphatic rings. The molecule has 4 rings (SSSR count). The van der Waals surface area contributed by atoms with Gasteiger partial charge in [-0.15, -0.1) is 11.3 Å². The van der Waals surface area contributed by atoms with Gasteiger partial charge >= 0.3 is 5.97 Å². The Morgan fingerprint density at radius 3 is 2.59 bits per heavy atom. The molecule has 0 radical (unpaired) electrons. The molecule has 0 saturated carbocycles. The zero-order chi connectivity index (χ0) is 22.8. The highest BCUT2D eigenvalue weighted by Crippen LogP contribution is 2.35. The summed E-state index contributed by atoms with van der Waals surface area (Å²) >= 11 is 1.46. The zero-order valence-electron chi connectivity index (χ0n) is 17.8. The molecular weight excluding hydrogens is 426 g/mol. The Hall–Kier alpha value is -3.78. The predicted octanol–water partition coefficient (Wildman–Crippen LogP) is 4.17. The van der Waals surface area contributed by atoms with E-state index in [1.165, 1.54) is 35.4 Å². The standard InChI is InChI=1S/C24H21N3O4S/c1-14-7-9-16(10-8-14)20-15(2)32-22-21(20)23(29)27(13-25-22)12-19(28)26-18-6-4-5-17(11-18)24(30)31-3/h4-11,13H,12H2,1-3H3,(H,26,28). The van der Waals surface area contributed by atoms with Crippen molar-refractivity contribution in [2.24, 2.45) is 0 Å². The number of fused-ring (bicyclic) bond motifs is 1. The number of aryl methyl sites for hydroxylation is 2. The van der Waals surface area contributed by atoms with Crippen LogP contribution in [0, 0.1) is 13.8 Å². The lowest BCUT2D eigenvalue weighted by molar-refractivity contribution is -0.116. The Kier molecular flexibility index (Phi) is 5.87. The second-order valence-electron chi connectivity index (χ2n) is 7.38. The number of hydrogen-bond donors (Lipinski definition) is 1. The van der Waals surface area contributed by atoms with Crippen LogP contribution in [0.4, 0.5) is 5.69 Å². The SMILES string of the molecule is COC(=O)c1cccc(NC(=O)Cn2cnc3sc(C)c(-c4ccc(C)cc4)c3c2=O)c1. The molecule has 8 heteroatoms. The first-order chi connectivity index (χ1) is 15.4. The van der Waals surface area contributed by atoms with E-state index in [-0.39, 0.29) is 12.1 Å². The third-order valence-electron chi connectivity index (χ3n) is 5.08. The van der Waals surface area contributed by atoms with Gasteiger partial charge in [0.25, 0.3) is 5.56 Å². The number of benzene rings is 2. The Labute approximate surface area is 188 Å². The van der Waals surface area contributed by atoms with Crippen molar-refractivity contribution >= 4 is 39.1 Å². The number of hydrogen-bond acceptors (Lipinski definition) is 6. The Bertz CT molecular complexity index is 1390. The van der Waals surface area contributed by atoms with Crippen LogP contribution in [0.1, 0.15) is 20.8 Å². The van der Waals surface area contributed by atoms with Crippen molar-refractivity contribution in [3.8, 4) is 11.1 Å². The fraction of sp³-hybridized carbons (Fsp3) is 0.167. The number of nitrogens with one attached hydrogen (secondary N) is 1. The molecule has 0 aliphatic heterocycles. The predicted molar refractivity (Wildman–Crippen MR) is 125 cm³/mol. The summed E-state index contributed by atoms with van der Waals surface area (Å²) in [5.74, 6) is -0.900. The van der Waals surface area contributed by atoms with Gasteiger partial charge in [-0.05, 0) is 37.6 Å². The number of esters is 1. The van der Waals surface area contributed by atoms with E-state index in [1.807, 2.05) is 38.1 Å². The monoisotopic (exact) mass is 447 g/mol. The summed E-state index contributed by atoms with van der Waals surface area (Å²) < 4.78 is 6.00. The molecule has 0 bridgehead atoms. The van der Waals surface area contributed by atoms with Crippen molar-refractivity contribution in [3.05, 3.63) is 81.2 Å². The molecule has 0 unspecified atom stereocenters. The molecule has 4 aromatic rings. The number of ether oxygens (including phenoxy) is 1. The van der Waals surface area contributed by atoms with Crippen LogP contribution in [-0.4, -0.2) is 28.5 Å². The smallest absolute Gasteiger partial charge is 0.337 e. The average Bonchev–Trinajstić information content (AvgIpc) is 3.12. The van der Waals surface area contributed by atoms with E-state index >= 15 is 0 Å². The molecule has 2 aromatic carbocycles. The second kappa shape index (κ2) is 8.76. The molecule has 0 fully saturated rings. The van der Waals surface area contributed by atoms with Crippen LogP contribution in [0.25, 0.3) is 21.3 Å². The number of rotatable bonds is 5. The third kappa shape index (κ3) is 4.17.